The van der Waals surface area contributed by atoms with Gasteiger partial charge in [-0.05, 0) is 51.7 Å². The molecule has 0 aromatic heterocycles. The predicted molar refractivity (Wildman–Crippen MR) is 96.0 cm³/mol. The third-order valence-corrected chi connectivity index (χ3v) is 4.38. The minimum Gasteiger partial charge on any atom is -0.322 e. The van der Waals surface area contributed by atoms with Gasteiger partial charge >= 0.3 is 6.03 Å². The van der Waals surface area contributed by atoms with Crippen LogP contribution in [0.1, 0.15) is 18.9 Å². The van der Waals surface area contributed by atoms with Gasteiger partial charge in [-0.15, -0.1) is 0 Å². The highest BCUT2D eigenvalue weighted by Crippen LogP contribution is 2.16. The number of urea groups is 1. The Morgan fingerprint density at radius 2 is 1.87 bits per heavy atom. The molecular weight excluding hydrogens is 288 g/mol. The molecule has 0 radical (unpaired) electrons. The highest BCUT2D eigenvalue weighted by molar-refractivity contribution is 5.90. The minimum atomic E-state index is 0.0267. The average molecular weight is 318 g/mol. The van der Waals surface area contributed by atoms with E-state index in [4.69, 9.17) is 0 Å². The molecule has 1 saturated heterocycles. The summed E-state index contributed by atoms with van der Waals surface area (Å²) in [6, 6.07) is 8.06. The second kappa shape index (κ2) is 8.89. The lowest BCUT2D eigenvalue weighted by molar-refractivity contribution is 0.144. The van der Waals surface area contributed by atoms with Crippen molar-refractivity contribution in [2.45, 2.75) is 19.8 Å². The predicted octanol–water partition coefficient (Wildman–Crippen LogP) is 2.35. The van der Waals surface area contributed by atoms with Crippen LogP contribution in [0.3, 0.4) is 0 Å². The van der Waals surface area contributed by atoms with Crippen LogP contribution in [0.2, 0.25) is 0 Å². The second-order valence-corrected chi connectivity index (χ2v) is 6.43. The van der Waals surface area contributed by atoms with Crippen LogP contribution >= 0.6 is 0 Å². The van der Waals surface area contributed by atoms with Gasteiger partial charge in [0.2, 0.25) is 0 Å². The van der Waals surface area contributed by atoms with Gasteiger partial charge in [0.05, 0.1) is 0 Å². The first kappa shape index (κ1) is 17.8. The molecule has 0 saturated carbocycles. The van der Waals surface area contributed by atoms with E-state index in [9.17, 15) is 4.79 Å². The third kappa shape index (κ3) is 5.52. The zero-order chi connectivity index (χ0) is 16.7. The summed E-state index contributed by atoms with van der Waals surface area (Å²) < 4.78 is 0. The maximum absolute atomic E-state index is 12.4. The number of hydrogen-bond acceptors (Lipinski definition) is 3. The van der Waals surface area contributed by atoms with Crippen molar-refractivity contribution in [1.82, 2.24) is 14.7 Å². The van der Waals surface area contributed by atoms with Crippen molar-refractivity contribution in [2.24, 2.45) is 0 Å². The van der Waals surface area contributed by atoms with Gasteiger partial charge in [-0.25, -0.2) is 4.79 Å². The maximum Gasteiger partial charge on any atom is 0.321 e. The molecule has 2 rings (SSSR count). The molecule has 5 heteroatoms. The lowest BCUT2D eigenvalue weighted by Crippen LogP contribution is -2.50. The topological polar surface area (TPSA) is 38.8 Å². The molecule has 23 heavy (non-hydrogen) atoms. The van der Waals surface area contributed by atoms with Crippen molar-refractivity contribution in [1.29, 1.82) is 0 Å². The number of benzene rings is 1. The third-order valence-electron chi connectivity index (χ3n) is 4.38. The van der Waals surface area contributed by atoms with Crippen LogP contribution in [0.25, 0.3) is 0 Å². The second-order valence-electron chi connectivity index (χ2n) is 6.43. The van der Waals surface area contributed by atoms with Crippen LogP contribution in [0.15, 0.2) is 24.3 Å². The van der Waals surface area contributed by atoms with E-state index in [-0.39, 0.29) is 6.03 Å². The summed E-state index contributed by atoms with van der Waals surface area (Å²) in [5, 5.41) is 3.07. The van der Waals surface area contributed by atoms with Crippen molar-refractivity contribution < 1.29 is 4.79 Å². The summed E-state index contributed by atoms with van der Waals surface area (Å²) in [5.41, 5.74) is 2.12. The van der Waals surface area contributed by atoms with Gasteiger partial charge in [0.25, 0.3) is 0 Å². The van der Waals surface area contributed by atoms with Crippen molar-refractivity contribution in [2.75, 3.05) is 58.7 Å². The molecule has 1 aliphatic heterocycles. The molecule has 0 aliphatic carbocycles. The number of carbonyl (C=O) groups excluding carboxylic acids is 1. The molecule has 1 aromatic rings. The number of aryl methyl sites for hydroxylation is 1. The molecule has 1 heterocycles. The Morgan fingerprint density at radius 1 is 1.17 bits per heavy atom. The molecule has 0 atom stereocenters. The smallest absolute Gasteiger partial charge is 0.321 e. The molecule has 1 fully saturated rings. The normalized spacial score (nSPS) is 15.9. The Kier molecular flexibility index (Phi) is 6.86. The van der Waals surface area contributed by atoms with Crippen LogP contribution < -0.4 is 5.32 Å². The molecule has 2 amide bonds. The first-order valence-corrected chi connectivity index (χ1v) is 8.61. The van der Waals surface area contributed by atoms with Crippen molar-refractivity contribution >= 4 is 11.7 Å². The first-order valence-electron chi connectivity index (χ1n) is 8.61. The summed E-state index contributed by atoms with van der Waals surface area (Å²) in [7, 11) is 4.22. The fourth-order valence-corrected chi connectivity index (χ4v) is 2.93. The highest BCUT2D eigenvalue weighted by atomic mass is 16.2. The van der Waals surface area contributed by atoms with Crippen molar-refractivity contribution in [3.63, 3.8) is 0 Å². The van der Waals surface area contributed by atoms with E-state index in [0.29, 0.717) is 0 Å². The summed E-state index contributed by atoms with van der Waals surface area (Å²) in [5.74, 6) is 0. The molecule has 0 spiro atoms. The summed E-state index contributed by atoms with van der Waals surface area (Å²) in [6.07, 6.45) is 2.11. The average Bonchev–Trinajstić information content (AvgIpc) is 2.55. The van der Waals surface area contributed by atoms with Gasteiger partial charge in [-0.2, -0.15) is 0 Å². The van der Waals surface area contributed by atoms with Gasteiger partial charge in [-0.1, -0.05) is 25.1 Å². The van der Waals surface area contributed by atoms with Crippen LogP contribution in [0, 0.1) is 0 Å². The number of piperazine rings is 1. The number of amides is 2. The quantitative estimate of drug-likeness (QED) is 0.875. The molecular formula is C18H30N4O. The number of nitrogens with zero attached hydrogens (tertiary/aromatic N) is 3. The number of anilines is 1. The van der Waals surface area contributed by atoms with Crippen LogP contribution in [0.5, 0.6) is 0 Å². The van der Waals surface area contributed by atoms with Gasteiger partial charge in [-0.3, -0.25) is 4.90 Å². The standard InChI is InChI=1S/C18H30N4O/c1-4-16-8-5-6-9-17(16)19-18(23)22-14-12-21(13-15-22)11-7-10-20(2)3/h5-6,8-9H,4,7,10-15H2,1-3H3,(H,19,23). The number of carbonyl (C=O) groups is 1. The highest BCUT2D eigenvalue weighted by Gasteiger charge is 2.21. The van der Waals surface area contributed by atoms with Gasteiger partial charge < -0.3 is 15.1 Å². The van der Waals surface area contributed by atoms with E-state index < -0.39 is 0 Å². The fraction of sp³-hybridized carbons (Fsp3) is 0.611. The Bertz CT molecular complexity index is 496. The van der Waals surface area contributed by atoms with E-state index in [1.807, 2.05) is 23.1 Å². The molecule has 1 N–H and O–H groups in total. The lowest BCUT2D eigenvalue weighted by Gasteiger charge is -2.35. The molecule has 0 unspecified atom stereocenters. The van der Waals surface area contributed by atoms with E-state index in [0.717, 1.165) is 51.4 Å². The maximum atomic E-state index is 12.4. The Morgan fingerprint density at radius 3 is 2.52 bits per heavy atom. The van der Waals surface area contributed by atoms with E-state index in [1.165, 1.54) is 12.0 Å². The van der Waals surface area contributed by atoms with E-state index in [1.54, 1.807) is 0 Å². The Hall–Kier alpha value is -1.59. The van der Waals surface area contributed by atoms with Crippen LogP contribution in [-0.2, 0) is 6.42 Å². The number of rotatable bonds is 6. The van der Waals surface area contributed by atoms with Crippen LogP contribution in [-0.4, -0.2) is 74.1 Å². The SMILES string of the molecule is CCc1ccccc1NC(=O)N1CCN(CCCN(C)C)CC1. The summed E-state index contributed by atoms with van der Waals surface area (Å²) >= 11 is 0. The number of hydrogen-bond donors (Lipinski definition) is 1. The number of nitrogens with one attached hydrogen (secondary N) is 1. The molecule has 1 aromatic carbocycles. The molecule has 1 aliphatic rings. The molecule has 128 valence electrons. The van der Waals surface area contributed by atoms with Crippen molar-refractivity contribution in [3.05, 3.63) is 29.8 Å². The van der Waals surface area contributed by atoms with E-state index >= 15 is 0 Å². The van der Waals surface area contributed by atoms with Gasteiger partial charge in [0.1, 0.15) is 0 Å². The molecule has 0 bridgehead atoms. The zero-order valence-corrected chi connectivity index (χ0v) is 14.7. The molecule has 5 nitrogen and oxygen atoms in total. The zero-order valence-electron chi connectivity index (χ0n) is 14.7. The minimum absolute atomic E-state index is 0.0267. The first-order chi connectivity index (χ1) is 11.1. The number of para-hydroxylation sites is 1. The summed E-state index contributed by atoms with van der Waals surface area (Å²) in [4.78, 5) is 19.0. The largest absolute Gasteiger partial charge is 0.322 e. The summed E-state index contributed by atoms with van der Waals surface area (Å²) in [6.45, 7) is 7.90. The van der Waals surface area contributed by atoms with E-state index in [2.05, 4.69) is 42.2 Å². The monoisotopic (exact) mass is 318 g/mol. The van der Waals surface area contributed by atoms with Gasteiger partial charge in [0, 0.05) is 31.9 Å². The lowest BCUT2D eigenvalue weighted by atomic mass is 10.1. The van der Waals surface area contributed by atoms with Crippen LogP contribution in [0.4, 0.5) is 10.5 Å². The Balaban J connectivity index is 1.77. The van der Waals surface area contributed by atoms with Gasteiger partial charge in [0.15, 0.2) is 0 Å². The van der Waals surface area contributed by atoms with Crippen molar-refractivity contribution in [3.8, 4) is 0 Å². The fourth-order valence-electron chi connectivity index (χ4n) is 2.93. The Labute approximate surface area is 140 Å².